The molecule has 2 heterocycles. The molecule has 11 heteroatoms. The standard InChI is InChI=1S/C21H24F3N3O4S/c1-13(2)14-3-4-18-17(9-14)16(5-7-25-18)20(29)26-11-19(28)27-12-21(22,23)10-15(27)6-8-32(24,30)31/h3-5,7,9,13,15H,6,8,10-12H2,1-2H3,(H,26,29). The maximum atomic E-state index is 13.8. The predicted octanol–water partition coefficient (Wildman–Crippen LogP) is 3.01. The van der Waals surface area contributed by atoms with E-state index in [2.05, 4.69) is 10.3 Å². The Morgan fingerprint density at radius 2 is 2.00 bits per heavy atom. The number of carbonyl (C=O) groups excluding carboxylic acids is 2. The average Bonchev–Trinajstić information content (AvgIpc) is 3.03. The number of alkyl halides is 2. The SMILES string of the molecule is CC(C)c1ccc2nccc(C(=O)NCC(=O)N3CC(F)(F)CC3CCS(=O)(=O)F)c2c1. The van der Waals surface area contributed by atoms with E-state index in [0.717, 1.165) is 10.5 Å². The van der Waals surface area contributed by atoms with Gasteiger partial charge in [0.15, 0.2) is 0 Å². The van der Waals surface area contributed by atoms with Crippen LogP contribution < -0.4 is 5.32 Å². The van der Waals surface area contributed by atoms with E-state index in [1.807, 2.05) is 26.0 Å². The van der Waals surface area contributed by atoms with Crippen LogP contribution in [0.5, 0.6) is 0 Å². The first-order chi connectivity index (χ1) is 14.9. The summed E-state index contributed by atoms with van der Waals surface area (Å²) >= 11 is 0. The second kappa shape index (κ2) is 9.05. The van der Waals surface area contributed by atoms with Crippen molar-refractivity contribution in [2.75, 3.05) is 18.8 Å². The van der Waals surface area contributed by atoms with Crippen LogP contribution in [0.3, 0.4) is 0 Å². The molecule has 1 aliphatic rings. The first-order valence-electron chi connectivity index (χ1n) is 10.1. The Labute approximate surface area is 184 Å². The molecule has 2 amide bonds. The molecule has 1 fully saturated rings. The molecule has 174 valence electrons. The van der Waals surface area contributed by atoms with Gasteiger partial charge in [-0.25, -0.2) is 8.78 Å². The normalized spacial score (nSPS) is 18.3. The number of carbonyl (C=O) groups is 2. The highest BCUT2D eigenvalue weighted by Gasteiger charge is 2.46. The Hall–Kier alpha value is -2.69. The molecule has 0 radical (unpaired) electrons. The number of fused-ring (bicyclic) bond motifs is 1. The number of hydrogen-bond acceptors (Lipinski definition) is 5. The number of likely N-dealkylation sites (tertiary alicyclic amines) is 1. The summed E-state index contributed by atoms with van der Waals surface area (Å²) in [6.07, 6.45) is 0.263. The van der Waals surface area contributed by atoms with Crippen molar-refractivity contribution >= 4 is 32.9 Å². The second-order valence-electron chi connectivity index (χ2n) is 8.24. The zero-order chi connectivity index (χ0) is 23.7. The molecular weight excluding hydrogens is 447 g/mol. The summed E-state index contributed by atoms with van der Waals surface area (Å²) < 4.78 is 62.0. The van der Waals surface area contributed by atoms with Crippen molar-refractivity contribution in [2.45, 2.75) is 44.6 Å². The summed E-state index contributed by atoms with van der Waals surface area (Å²) in [5, 5.41) is 3.04. The summed E-state index contributed by atoms with van der Waals surface area (Å²) in [4.78, 5) is 30.3. The minimum Gasteiger partial charge on any atom is -0.343 e. The Morgan fingerprint density at radius 3 is 2.66 bits per heavy atom. The molecule has 1 atom stereocenters. The third-order valence-corrected chi connectivity index (χ3v) is 6.19. The molecule has 1 unspecified atom stereocenters. The van der Waals surface area contributed by atoms with Crippen molar-refractivity contribution in [3.63, 3.8) is 0 Å². The van der Waals surface area contributed by atoms with Gasteiger partial charge in [0.25, 0.3) is 11.8 Å². The lowest BCUT2D eigenvalue weighted by Crippen LogP contribution is -2.43. The number of hydrogen-bond donors (Lipinski definition) is 1. The van der Waals surface area contributed by atoms with Crippen LogP contribution in [0.4, 0.5) is 12.7 Å². The van der Waals surface area contributed by atoms with Gasteiger partial charge in [-0.1, -0.05) is 19.9 Å². The van der Waals surface area contributed by atoms with Crippen molar-refractivity contribution in [3.05, 3.63) is 41.6 Å². The molecular formula is C21H24F3N3O4S. The maximum Gasteiger partial charge on any atom is 0.302 e. The zero-order valence-corrected chi connectivity index (χ0v) is 18.5. The number of aromatic nitrogens is 1. The van der Waals surface area contributed by atoms with Crippen molar-refractivity contribution in [2.24, 2.45) is 0 Å². The Kier molecular flexibility index (Phi) is 6.77. The van der Waals surface area contributed by atoms with Gasteiger partial charge in [0.1, 0.15) is 0 Å². The minimum atomic E-state index is -4.85. The van der Waals surface area contributed by atoms with Gasteiger partial charge in [-0.2, -0.15) is 8.42 Å². The highest BCUT2D eigenvalue weighted by Crippen LogP contribution is 2.33. The third-order valence-electron chi connectivity index (χ3n) is 5.47. The van der Waals surface area contributed by atoms with E-state index >= 15 is 0 Å². The van der Waals surface area contributed by atoms with E-state index in [9.17, 15) is 30.7 Å². The van der Waals surface area contributed by atoms with Gasteiger partial charge in [0.05, 0.1) is 29.9 Å². The van der Waals surface area contributed by atoms with Crippen LogP contribution in [0, 0.1) is 0 Å². The van der Waals surface area contributed by atoms with E-state index in [4.69, 9.17) is 0 Å². The largest absolute Gasteiger partial charge is 0.343 e. The van der Waals surface area contributed by atoms with Crippen LogP contribution in [-0.4, -0.2) is 60.9 Å². The number of pyridine rings is 1. The van der Waals surface area contributed by atoms with Crippen LogP contribution in [0.25, 0.3) is 10.9 Å². The Balaban J connectivity index is 1.72. The van der Waals surface area contributed by atoms with E-state index in [0.29, 0.717) is 10.9 Å². The average molecular weight is 472 g/mol. The van der Waals surface area contributed by atoms with Crippen molar-refractivity contribution < 1.29 is 30.7 Å². The molecule has 0 aliphatic carbocycles. The Bertz CT molecular complexity index is 1140. The van der Waals surface area contributed by atoms with E-state index < -0.39 is 65.7 Å². The van der Waals surface area contributed by atoms with E-state index in [1.54, 1.807) is 6.07 Å². The van der Waals surface area contributed by atoms with Gasteiger partial charge in [0.2, 0.25) is 5.91 Å². The Morgan fingerprint density at radius 1 is 1.28 bits per heavy atom. The molecule has 1 aromatic heterocycles. The van der Waals surface area contributed by atoms with Crippen LogP contribution in [0.1, 0.15) is 48.5 Å². The van der Waals surface area contributed by atoms with Crippen LogP contribution in [-0.2, 0) is 15.0 Å². The molecule has 0 saturated carbocycles. The predicted molar refractivity (Wildman–Crippen MR) is 113 cm³/mol. The van der Waals surface area contributed by atoms with Crippen LogP contribution in [0.15, 0.2) is 30.5 Å². The van der Waals surface area contributed by atoms with Gasteiger partial charge in [0, 0.05) is 24.0 Å². The summed E-state index contributed by atoms with van der Waals surface area (Å²) in [6, 6.07) is 5.93. The summed E-state index contributed by atoms with van der Waals surface area (Å²) in [7, 11) is -4.85. The van der Waals surface area contributed by atoms with Gasteiger partial charge in [-0.3, -0.25) is 14.6 Å². The minimum absolute atomic E-state index is 0.221. The van der Waals surface area contributed by atoms with Crippen LogP contribution >= 0.6 is 0 Å². The highest BCUT2D eigenvalue weighted by atomic mass is 32.3. The first-order valence-corrected chi connectivity index (χ1v) is 11.7. The first kappa shape index (κ1) is 24.0. The number of nitrogens with one attached hydrogen (secondary N) is 1. The molecule has 1 aliphatic heterocycles. The maximum absolute atomic E-state index is 13.8. The monoisotopic (exact) mass is 471 g/mol. The fraction of sp³-hybridized carbons (Fsp3) is 0.476. The molecule has 32 heavy (non-hydrogen) atoms. The fourth-order valence-corrected chi connectivity index (χ4v) is 4.35. The lowest BCUT2D eigenvalue weighted by Gasteiger charge is -2.23. The van der Waals surface area contributed by atoms with Crippen molar-refractivity contribution in [1.82, 2.24) is 15.2 Å². The fourth-order valence-electron chi connectivity index (χ4n) is 3.80. The van der Waals surface area contributed by atoms with Crippen molar-refractivity contribution in [1.29, 1.82) is 0 Å². The lowest BCUT2D eigenvalue weighted by atomic mass is 9.99. The third kappa shape index (κ3) is 5.76. The quantitative estimate of drug-likeness (QED) is 0.627. The number of rotatable bonds is 7. The van der Waals surface area contributed by atoms with E-state index in [-0.39, 0.29) is 11.5 Å². The summed E-state index contributed by atoms with van der Waals surface area (Å²) in [5.41, 5.74) is 1.89. The van der Waals surface area contributed by atoms with Crippen molar-refractivity contribution in [3.8, 4) is 0 Å². The molecule has 1 aromatic carbocycles. The summed E-state index contributed by atoms with van der Waals surface area (Å²) in [5.74, 6) is -5.30. The molecule has 1 N–H and O–H groups in total. The molecule has 0 spiro atoms. The van der Waals surface area contributed by atoms with E-state index in [1.165, 1.54) is 12.3 Å². The number of halogens is 3. The van der Waals surface area contributed by atoms with Crippen LogP contribution in [0.2, 0.25) is 0 Å². The summed E-state index contributed by atoms with van der Waals surface area (Å²) in [6.45, 7) is 2.55. The molecule has 3 rings (SSSR count). The number of nitrogens with zero attached hydrogens (tertiary/aromatic N) is 2. The lowest BCUT2D eigenvalue weighted by molar-refractivity contribution is -0.132. The number of amides is 2. The molecule has 1 saturated heterocycles. The van der Waals surface area contributed by atoms with Gasteiger partial charge in [-0.05, 0) is 36.1 Å². The molecule has 0 bridgehead atoms. The zero-order valence-electron chi connectivity index (χ0n) is 17.6. The second-order valence-corrected chi connectivity index (χ2v) is 9.73. The van der Waals surface area contributed by atoms with Gasteiger partial charge >= 0.3 is 10.2 Å². The smallest absolute Gasteiger partial charge is 0.302 e. The molecule has 2 aromatic rings. The topological polar surface area (TPSA) is 96.4 Å². The highest BCUT2D eigenvalue weighted by molar-refractivity contribution is 7.86. The van der Waals surface area contributed by atoms with Gasteiger partial charge in [-0.15, -0.1) is 3.89 Å². The van der Waals surface area contributed by atoms with Gasteiger partial charge < -0.3 is 10.2 Å². The number of benzene rings is 1. The molecule has 7 nitrogen and oxygen atoms in total.